The number of benzene rings is 2. The predicted octanol–water partition coefficient (Wildman–Crippen LogP) is 5.75. The van der Waals surface area contributed by atoms with E-state index < -0.39 is 38.7 Å². The lowest BCUT2D eigenvalue weighted by molar-refractivity contribution is 0.279. The average Bonchev–Trinajstić information content (AvgIpc) is 3.39. The molecule has 28 heavy (non-hydrogen) atoms. The number of rotatable bonds is 7. The Morgan fingerprint density at radius 3 is 2.36 bits per heavy atom. The summed E-state index contributed by atoms with van der Waals surface area (Å²) in [5, 5.41) is 11.7. The van der Waals surface area contributed by atoms with Gasteiger partial charge in [-0.25, -0.2) is 13.2 Å². The fraction of sp³-hybridized carbons (Fsp3) is 0.333. The number of hydrogen-bond donors (Lipinski definition) is 5. The number of halogens is 4. The van der Waals surface area contributed by atoms with Gasteiger partial charge in [-0.05, 0) is 78.6 Å². The molecule has 0 aliphatic heterocycles. The molecule has 1 saturated carbocycles. The van der Waals surface area contributed by atoms with Crippen molar-refractivity contribution in [1.29, 1.82) is 0 Å². The van der Waals surface area contributed by atoms with Gasteiger partial charge in [0, 0.05) is 10.2 Å². The zero-order valence-electron chi connectivity index (χ0n) is 14.9. The fourth-order valence-corrected chi connectivity index (χ4v) is 5.26. The maximum absolute atomic E-state index is 14.6. The molecule has 0 heterocycles. The van der Waals surface area contributed by atoms with Gasteiger partial charge in [-0.3, -0.25) is 13.8 Å². The third kappa shape index (κ3) is 4.06. The molecule has 10 heteroatoms. The summed E-state index contributed by atoms with van der Waals surface area (Å²) in [6.45, 7) is 1.24. The van der Waals surface area contributed by atoms with E-state index in [1.165, 1.54) is 19.1 Å². The molecule has 2 aromatic carbocycles. The van der Waals surface area contributed by atoms with Crippen LogP contribution in [0.1, 0.15) is 24.8 Å². The van der Waals surface area contributed by atoms with E-state index in [0.717, 1.165) is 6.07 Å². The maximum Gasteiger partial charge on any atom is 0.184 e. The van der Waals surface area contributed by atoms with Crippen LogP contribution in [0.2, 0.25) is 0 Å². The summed E-state index contributed by atoms with van der Waals surface area (Å²) >= 11 is 1.92. The van der Waals surface area contributed by atoms with Gasteiger partial charge in [0.05, 0.1) is 16.1 Å². The highest BCUT2D eigenvalue weighted by molar-refractivity contribution is 14.1. The molecule has 0 amide bonds. The summed E-state index contributed by atoms with van der Waals surface area (Å²) < 4.78 is 66.4. The van der Waals surface area contributed by atoms with E-state index in [0.29, 0.717) is 16.4 Å². The molecule has 1 aliphatic carbocycles. The zero-order chi connectivity index (χ0) is 20.7. The van der Waals surface area contributed by atoms with E-state index in [4.69, 9.17) is 0 Å². The Kier molecular flexibility index (Phi) is 6.07. The van der Waals surface area contributed by atoms with Gasteiger partial charge in [-0.2, -0.15) is 0 Å². The molecule has 5 nitrogen and oxygen atoms in total. The van der Waals surface area contributed by atoms with Crippen LogP contribution in [0.4, 0.5) is 30.2 Å². The van der Waals surface area contributed by atoms with Crippen molar-refractivity contribution in [3.63, 3.8) is 0 Å². The van der Waals surface area contributed by atoms with Gasteiger partial charge in [0.2, 0.25) is 0 Å². The van der Waals surface area contributed by atoms with Crippen molar-refractivity contribution < 1.29 is 27.4 Å². The third-order valence-corrected chi connectivity index (χ3v) is 7.81. The standard InChI is InChI=1S/C18H20F3IN2O3S/c1-10-8-13(20)15(21)17(23-14-3-2-11(22)9-12(14)19)16(10)24-28(26,27)18(4-5-18)6-7-25/h2-3,8-9,23-27H,4-7H2,1H3. The number of aliphatic hydroxyl groups excluding tert-OH is 1. The summed E-state index contributed by atoms with van der Waals surface area (Å²) in [6.07, 6.45) is 1.14. The molecule has 0 aromatic heterocycles. The van der Waals surface area contributed by atoms with E-state index in [-0.39, 0.29) is 30.0 Å². The lowest BCUT2D eigenvalue weighted by Gasteiger charge is -2.42. The number of hydrogen-bond acceptors (Lipinski definition) is 5. The van der Waals surface area contributed by atoms with Crippen molar-refractivity contribution in [1.82, 2.24) is 0 Å². The topological polar surface area (TPSA) is 84.8 Å². The lowest BCUT2D eigenvalue weighted by atomic mass is 10.1. The van der Waals surface area contributed by atoms with Crippen molar-refractivity contribution in [2.45, 2.75) is 30.9 Å². The Balaban J connectivity index is 2.02. The smallest absolute Gasteiger partial charge is 0.184 e. The van der Waals surface area contributed by atoms with Gasteiger partial charge < -0.3 is 10.4 Å². The highest BCUT2D eigenvalue weighted by Crippen LogP contribution is 2.67. The van der Waals surface area contributed by atoms with Crippen LogP contribution in [0.15, 0.2) is 24.3 Å². The summed E-state index contributed by atoms with van der Waals surface area (Å²) in [7, 11) is -3.48. The van der Waals surface area contributed by atoms with Crippen molar-refractivity contribution in [2.24, 2.45) is 0 Å². The largest absolute Gasteiger partial charge is 0.396 e. The van der Waals surface area contributed by atoms with Crippen molar-refractivity contribution >= 4 is 50.4 Å². The first kappa shape index (κ1) is 21.5. The molecule has 1 fully saturated rings. The van der Waals surface area contributed by atoms with Crippen LogP contribution in [0.25, 0.3) is 0 Å². The fourth-order valence-electron chi connectivity index (χ4n) is 3.00. The first-order chi connectivity index (χ1) is 13.1. The van der Waals surface area contributed by atoms with Crippen LogP contribution in [-0.2, 0) is 0 Å². The number of aryl methyl sites for hydroxylation is 1. The molecule has 0 atom stereocenters. The minimum Gasteiger partial charge on any atom is -0.396 e. The lowest BCUT2D eigenvalue weighted by Crippen LogP contribution is -2.27. The Hall–Kier alpha value is -1.21. The Morgan fingerprint density at radius 2 is 1.79 bits per heavy atom. The minimum absolute atomic E-state index is 0.0685. The van der Waals surface area contributed by atoms with Crippen LogP contribution >= 0.6 is 33.4 Å². The van der Waals surface area contributed by atoms with Crippen LogP contribution in [-0.4, -0.2) is 25.6 Å². The second kappa shape index (κ2) is 7.90. The van der Waals surface area contributed by atoms with Crippen molar-refractivity contribution in [2.75, 3.05) is 16.6 Å². The molecule has 3 rings (SSSR count). The highest BCUT2D eigenvalue weighted by Gasteiger charge is 2.54. The predicted molar refractivity (Wildman–Crippen MR) is 114 cm³/mol. The van der Waals surface area contributed by atoms with Gasteiger partial charge in [0.1, 0.15) is 11.5 Å². The monoisotopic (exact) mass is 528 g/mol. The number of aliphatic hydroxyl groups is 1. The van der Waals surface area contributed by atoms with Crippen LogP contribution < -0.4 is 10.0 Å². The van der Waals surface area contributed by atoms with Gasteiger partial charge in [-0.15, -0.1) is 10.8 Å². The van der Waals surface area contributed by atoms with E-state index in [2.05, 4.69) is 10.0 Å². The van der Waals surface area contributed by atoms with E-state index in [1.807, 2.05) is 22.6 Å². The Labute approximate surface area is 176 Å². The molecule has 1 aliphatic rings. The molecule has 0 radical (unpaired) electrons. The molecule has 2 aromatic rings. The van der Waals surface area contributed by atoms with E-state index in [9.17, 15) is 27.4 Å². The molecule has 0 saturated heterocycles. The maximum atomic E-state index is 14.6. The second-order valence-corrected chi connectivity index (χ2v) is 10.2. The van der Waals surface area contributed by atoms with Crippen LogP contribution in [0, 0.1) is 27.9 Å². The molecule has 0 bridgehead atoms. The summed E-state index contributed by atoms with van der Waals surface area (Å²) in [5.74, 6) is -3.08. The van der Waals surface area contributed by atoms with Crippen LogP contribution in [0.5, 0.6) is 0 Å². The quantitative estimate of drug-likeness (QED) is 0.296. The molecule has 5 N–H and O–H groups in total. The Bertz CT molecular complexity index is 910. The SMILES string of the molecule is Cc1cc(F)c(F)c(Nc2ccc(I)cc2F)c1NS(O)(O)C1(CCO)CC1. The highest BCUT2D eigenvalue weighted by atomic mass is 127. The summed E-state index contributed by atoms with van der Waals surface area (Å²) in [4.78, 5) is 0. The zero-order valence-corrected chi connectivity index (χ0v) is 17.9. The molecular formula is C18H20F3IN2O3S. The van der Waals surface area contributed by atoms with Gasteiger partial charge in [-0.1, -0.05) is 0 Å². The third-order valence-electron chi connectivity index (χ3n) is 4.83. The number of anilines is 3. The first-order valence-corrected chi connectivity index (χ1v) is 11.1. The second-order valence-electron chi connectivity index (χ2n) is 6.80. The molecular weight excluding hydrogens is 508 g/mol. The van der Waals surface area contributed by atoms with Gasteiger partial charge in [0.25, 0.3) is 0 Å². The summed E-state index contributed by atoms with van der Waals surface area (Å²) in [6, 6.07) is 5.13. The van der Waals surface area contributed by atoms with Crippen molar-refractivity contribution in [3.8, 4) is 0 Å². The minimum atomic E-state index is -3.48. The van der Waals surface area contributed by atoms with E-state index >= 15 is 0 Å². The van der Waals surface area contributed by atoms with Gasteiger partial charge in [0.15, 0.2) is 11.6 Å². The normalized spacial score (nSPS) is 16.0. The molecule has 0 spiro atoms. The van der Waals surface area contributed by atoms with Crippen molar-refractivity contribution in [3.05, 3.63) is 50.9 Å². The Morgan fingerprint density at radius 1 is 1.11 bits per heavy atom. The first-order valence-electron chi connectivity index (χ1n) is 8.47. The van der Waals surface area contributed by atoms with Crippen LogP contribution in [0.3, 0.4) is 0 Å². The van der Waals surface area contributed by atoms with E-state index in [1.54, 1.807) is 6.07 Å². The number of nitrogens with one attached hydrogen (secondary N) is 2. The van der Waals surface area contributed by atoms with Gasteiger partial charge >= 0.3 is 0 Å². The summed E-state index contributed by atoms with van der Waals surface area (Å²) in [5.41, 5.74) is -0.356. The molecule has 0 unspecified atom stereocenters. The average molecular weight is 528 g/mol. The molecule has 154 valence electrons.